The van der Waals surface area contributed by atoms with Crippen LogP contribution >= 0.6 is 11.6 Å². The van der Waals surface area contributed by atoms with Gasteiger partial charge in [0, 0.05) is 9.95 Å². The van der Waals surface area contributed by atoms with Crippen LogP contribution in [0.3, 0.4) is 0 Å². The third-order valence-corrected chi connectivity index (χ3v) is 4.04. The summed E-state index contributed by atoms with van der Waals surface area (Å²) < 4.78 is 5.73. The van der Waals surface area contributed by atoms with Crippen molar-refractivity contribution < 1.29 is 19.2 Å². The molecule has 0 fully saturated rings. The highest BCUT2D eigenvalue weighted by Gasteiger charge is 2.41. The maximum Gasteiger partial charge on any atom is 0.368 e. The van der Waals surface area contributed by atoms with Gasteiger partial charge in [-0.3, -0.25) is 19.7 Å². The van der Waals surface area contributed by atoms with Gasteiger partial charge in [-0.25, -0.2) is 0 Å². The zero-order valence-corrected chi connectivity index (χ0v) is 15.1. The summed E-state index contributed by atoms with van der Waals surface area (Å²) in [5, 5.41) is 13.6. The van der Waals surface area contributed by atoms with Crippen LogP contribution < -0.4 is 10.1 Å². The van der Waals surface area contributed by atoms with E-state index in [0.29, 0.717) is 17.4 Å². The number of ether oxygens (including phenoxy) is 1. The molecule has 0 saturated carbocycles. The van der Waals surface area contributed by atoms with Crippen LogP contribution in [0, 0.1) is 10.1 Å². The van der Waals surface area contributed by atoms with E-state index in [4.69, 9.17) is 16.3 Å². The predicted molar refractivity (Wildman–Crippen MR) is 103 cm³/mol. The van der Waals surface area contributed by atoms with Gasteiger partial charge in [-0.2, -0.15) is 4.99 Å². The minimum absolute atomic E-state index is 0.0550. The van der Waals surface area contributed by atoms with Gasteiger partial charge in [0.2, 0.25) is 0 Å². The number of rotatable bonds is 6. The summed E-state index contributed by atoms with van der Waals surface area (Å²) in [6.07, 6.45) is 3.00. The molecule has 1 atom stereocenters. The molecule has 9 heteroatoms. The van der Waals surface area contributed by atoms with Crippen molar-refractivity contribution in [3.05, 3.63) is 80.9 Å². The van der Waals surface area contributed by atoms with Crippen molar-refractivity contribution in [3.8, 4) is 5.75 Å². The molecule has 0 radical (unpaired) electrons. The number of nitrogens with zero attached hydrogens (tertiary/aromatic N) is 2. The monoisotopic (exact) mass is 399 g/mol. The highest BCUT2D eigenvalue weighted by Crippen LogP contribution is 2.17. The van der Waals surface area contributed by atoms with Crippen molar-refractivity contribution >= 4 is 35.3 Å². The van der Waals surface area contributed by atoms with Crippen molar-refractivity contribution in [2.24, 2.45) is 4.99 Å². The Morgan fingerprint density at radius 1 is 1.18 bits per heavy atom. The highest BCUT2D eigenvalue weighted by molar-refractivity contribution is 6.30. The molecule has 1 aliphatic rings. The standard InChI is InChI=1S/C19H14ClN3O5/c20-14-7-4-13(5-8-14)11-28-15-3-1-2-12(10-15)6-9-16-21-18(24)17(23(26)27)19(25)22-16/h1-10,17H,11H2,(H,21,22,24,25)/b9-6+. The van der Waals surface area contributed by atoms with Crippen molar-refractivity contribution in [1.82, 2.24) is 5.32 Å². The fourth-order valence-corrected chi connectivity index (χ4v) is 2.54. The van der Waals surface area contributed by atoms with E-state index in [2.05, 4.69) is 10.3 Å². The van der Waals surface area contributed by atoms with Crippen LogP contribution in [0.4, 0.5) is 0 Å². The second-order valence-corrected chi connectivity index (χ2v) is 6.27. The van der Waals surface area contributed by atoms with Gasteiger partial charge in [0.25, 0.3) is 0 Å². The van der Waals surface area contributed by atoms with Crippen LogP contribution in [0.5, 0.6) is 5.75 Å². The van der Waals surface area contributed by atoms with Gasteiger partial charge >= 0.3 is 17.9 Å². The predicted octanol–water partition coefficient (Wildman–Crippen LogP) is 2.63. The average molecular weight is 400 g/mol. The Morgan fingerprint density at radius 3 is 2.61 bits per heavy atom. The summed E-state index contributed by atoms with van der Waals surface area (Å²) in [6.45, 7) is 0.365. The Labute approximate surface area is 164 Å². The zero-order chi connectivity index (χ0) is 20.1. The summed E-state index contributed by atoms with van der Waals surface area (Å²) >= 11 is 5.85. The number of carbonyl (C=O) groups excluding carboxylic acids is 2. The Balaban J connectivity index is 1.66. The number of nitrogens with one attached hydrogen (secondary N) is 1. The number of hydrogen-bond donors (Lipinski definition) is 1. The molecule has 0 aromatic heterocycles. The molecule has 1 unspecified atom stereocenters. The normalized spacial score (nSPS) is 16.6. The lowest BCUT2D eigenvalue weighted by molar-refractivity contribution is -0.493. The van der Waals surface area contributed by atoms with Gasteiger partial charge in [0.15, 0.2) is 0 Å². The summed E-state index contributed by atoms with van der Waals surface area (Å²) in [7, 11) is 0. The maximum atomic E-state index is 11.6. The van der Waals surface area contributed by atoms with Gasteiger partial charge in [-0.15, -0.1) is 0 Å². The Kier molecular flexibility index (Phi) is 5.81. The molecule has 2 aromatic carbocycles. The largest absolute Gasteiger partial charge is 0.489 e. The quantitative estimate of drug-likeness (QED) is 0.456. The van der Waals surface area contributed by atoms with Crippen LogP contribution in [0.25, 0.3) is 6.08 Å². The fourth-order valence-electron chi connectivity index (χ4n) is 2.41. The molecule has 0 aliphatic carbocycles. The second kappa shape index (κ2) is 8.45. The molecule has 2 aromatic rings. The number of amides is 2. The Hall–Kier alpha value is -3.52. The Bertz CT molecular complexity index is 985. The van der Waals surface area contributed by atoms with E-state index in [1.807, 2.05) is 12.1 Å². The molecule has 142 valence electrons. The molecule has 1 N–H and O–H groups in total. The molecule has 28 heavy (non-hydrogen) atoms. The molecular weight excluding hydrogens is 386 g/mol. The van der Waals surface area contributed by atoms with Crippen molar-refractivity contribution in [1.29, 1.82) is 0 Å². The first kappa shape index (κ1) is 19.2. The number of halogens is 1. The lowest BCUT2D eigenvalue weighted by Crippen LogP contribution is -2.50. The van der Waals surface area contributed by atoms with Gasteiger partial charge in [-0.1, -0.05) is 41.9 Å². The van der Waals surface area contributed by atoms with Crippen LogP contribution in [-0.2, 0) is 16.2 Å². The molecule has 0 bridgehead atoms. The van der Waals surface area contributed by atoms with Gasteiger partial charge in [0.1, 0.15) is 18.2 Å². The summed E-state index contributed by atoms with van der Waals surface area (Å²) in [6, 6.07) is 12.4. The van der Waals surface area contributed by atoms with Gasteiger partial charge in [-0.05, 0) is 41.5 Å². The average Bonchev–Trinajstić information content (AvgIpc) is 2.65. The van der Waals surface area contributed by atoms with Crippen LogP contribution in [0.1, 0.15) is 11.1 Å². The van der Waals surface area contributed by atoms with E-state index >= 15 is 0 Å². The lowest BCUT2D eigenvalue weighted by atomic mass is 10.2. The van der Waals surface area contributed by atoms with Crippen LogP contribution in [-0.4, -0.2) is 28.6 Å². The van der Waals surface area contributed by atoms with Crippen molar-refractivity contribution in [2.75, 3.05) is 0 Å². The maximum absolute atomic E-state index is 11.6. The van der Waals surface area contributed by atoms with Crippen LogP contribution in [0.15, 0.2) is 59.6 Å². The van der Waals surface area contributed by atoms with E-state index < -0.39 is 22.8 Å². The first-order valence-corrected chi connectivity index (χ1v) is 8.52. The van der Waals surface area contributed by atoms with E-state index in [1.165, 1.54) is 6.08 Å². The van der Waals surface area contributed by atoms with E-state index in [-0.39, 0.29) is 5.84 Å². The third kappa shape index (κ3) is 4.80. The topological polar surface area (TPSA) is 111 Å². The molecule has 3 rings (SSSR count). The first-order chi connectivity index (χ1) is 13.4. The summed E-state index contributed by atoms with van der Waals surface area (Å²) in [5.41, 5.74) is 1.69. The van der Waals surface area contributed by atoms with Gasteiger partial charge < -0.3 is 10.1 Å². The van der Waals surface area contributed by atoms with E-state index in [1.54, 1.807) is 42.5 Å². The van der Waals surface area contributed by atoms with Crippen molar-refractivity contribution in [2.45, 2.75) is 12.6 Å². The second-order valence-electron chi connectivity index (χ2n) is 5.83. The fraction of sp³-hybridized carbons (Fsp3) is 0.105. The summed E-state index contributed by atoms with van der Waals surface area (Å²) in [4.78, 5) is 36.5. The number of carbonyl (C=O) groups is 2. The number of aliphatic imine (C=N–C) groups is 1. The molecular formula is C19H14ClN3O5. The van der Waals surface area contributed by atoms with E-state index in [9.17, 15) is 19.7 Å². The minimum Gasteiger partial charge on any atom is -0.489 e. The molecule has 0 spiro atoms. The summed E-state index contributed by atoms with van der Waals surface area (Å²) in [5.74, 6) is -1.55. The minimum atomic E-state index is -2.00. The number of nitro groups is 1. The molecule has 8 nitrogen and oxygen atoms in total. The van der Waals surface area contributed by atoms with Crippen molar-refractivity contribution in [3.63, 3.8) is 0 Å². The highest BCUT2D eigenvalue weighted by atomic mass is 35.5. The third-order valence-electron chi connectivity index (χ3n) is 3.79. The van der Waals surface area contributed by atoms with Gasteiger partial charge in [0.05, 0.1) is 0 Å². The number of benzene rings is 2. The number of hydrogen-bond acceptors (Lipinski definition) is 5. The van der Waals surface area contributed by atoms with E-state index in [0.717, 1.165) is 11.1 Å². The molecule has 2 amide bonds. The zero-order valence-electron chi connectivity index (χ0n) is 14.4. The molecule has 1 aliphatic heterocycles. The lowest BCUT2D eigenvalue weighted by Gasteiger charge is -2.12. The molecule has 1 heterocycles. The SMILES string of the molecule is O=C1N=C(/C=C/c2cccc(OCc3ccc(Cl)cc3)c2)NC(=O)C1[N+](=O)[O-]. The first-order valence-electron chi connectivity index (χ1n) is 8.14. The Morgan fingerprint density at radius 2 is 1.93 bits per heavy atom. The molecule has 0 saturated heterocycles. The van der Waals surface area contributed by atoms with Crippen LogP contribution in [0.2, 0.25) is 5.02 Å². The number of amidine groups is 1. The smallest absolute Gasteiger partial charge is 0.368 e.